The number of Topliss-reactive ketones (excluding diaryl/α,β-unsaturated/α-hetero) is 1. The minimum absolute atomic E-state index is 0.0555. The second kappa shape index (κ2) is 8.85. The van der Waals surface area contributed by atoms with Gasteiger partial charge in [0.1, 0.15) is 0 Å². The molecule has 0 N–H and O–H groups in total. The molecule has 0 saturated heterocycles. The fraction of sp³-hybridized carbons (Fsp3) is 0.370. The summed E-state index contributed by atoms with van der Waals surface area (Å²) in [7, 11) is -1.46. The Morgan fingerprint density at radius 1 is 0.767 bits per heavy atom. The van der Waals surface area contributed by atoms with Crippen molar-refractivity contribution in [1.82, 2.24) is 0 Å². The molecule has 0 aromatic heterocycles. The van der Waals surface area contributed by atoms with Crippen molar-refractivity contribution in [3.63, 3.8) is 0 Å². The minimum Gasteiger partial charge on any atom is -0.294 e. The predicted octanol–water partition coefficient (Wildman–Crippen LogP) is 7.58. The maximum atomic E-state index is 14.3. The monoisotopic (exact) mass is 420 g/mol. The van der Waals surface area contributed by atoms with Gasteiger partial charge >= 0.3 is 0 Å². The molecule has 0 radical (unpaired) electrons. The SMILES string of the molecule is CC(=O)c1ccc2ccccc2c1S(=O)c1c(C(C)C)cc(C(C)C)cc1C(C)C. The van der Waals surface area contributed by atoms with E-state index in [-0.39, 0.29) is 17.6 Å². The van der Waals surface area contributed by atoms with Gasteiger partial charge in [-0.3, -0.25) is 4.79 Å². The van der Waals surface area contributed by atoms with Gasteiger partial charge in [0.25, 0.3) is 0 Å². The average Bonchev–Trinajstić information content (AvgIpc) is 2.70. The van der Waals surface area contributed by atoms with Crippen LogP contribution in [0.3, 0.4) is 0 Å². The van der Waals surface area contributed by atoms with Crippen LogP contribution in [-0.4, -0.2) is 9.99 Å². The summed E-state index contributed by atoms with van der Waals surface area (Å²) in [5, 5.41) is 1.89. The molecular weight excluding hydrogens is 388 g/mol. The Labute approximate surface area is 183 Å². The van der Waals surface area contributed by atoms with Crippen molar-refractivity contribution in [1.29, 1.82) is 0 Å². The summed E-state index contributed by atoms with van der Waals surface area (Å²) in [5.41, 5.74) is 4.05. The van der Waals surface area contributed by atoms with E-state index in [1.54, 1.807) is 6.92 Å². The first-order chi connectivity index (χ1) is 14.1. The van der Waals surface area contributed by atoms with Gasteiger partial charge in [-0.05, 0) is 58.2 Å². The van der Waals surface area contributed by atoms with Crippen LogP contribution in [0.25, 0.3) is 10.8 Å². The molecule has 3 heteroatoms. The molecule has 0 bridgehead atoms. The van der Waals surface area contributed by atoms with Crippen LogP contribution >= 0.6 is 0 Å². The smallest absolute Gasteiger partial charge is 0.161 e. The molecule has 158 valence electrons. The highest BCUT2D eigenvalue weighted by atomic mass is 32.2. The van der Waals surface area contributed by atoms with Crippen molar-refractivity contribution >= 4 is 27.4 Å². The Hall–Kier alpha value is -2.26. The molecule has 3 rings (SSSR count). The van der Waals surface area contributed by atoms with E-state index in [2.05, 4.69) is 53.7 Å². The van der Waals surface area contributed by atoms with Gasteiger partial charge < -0.3 is 0 Å². The van der Waals surface area contributed by atoms with Crippen LogP contribution < -0.4 is 0 Å². The first kappa shape index (κ1) is 22.4. The lowest BCUT2D eigenvalue weighted by atomic mass is 9.89. The third-order valence-corrected chi connectivity index (χ3v) is 7.36. The molecule has 1 atom stereocenters. The summed E-state index contributed by atoms with van der Waals surface area (Å²) in [6.45, 7) is 14.5. The lowest BCUT2D eigenvalue weighted by Gasteiger charge is -2.23. The number of ketones is 1. The second-order valence-corrected chi connectivity index (χ2v) is 10.3. The van der Waals surface area contributed by atoms with E-state index in [0.717, 1.165) is 26.8 Å². The van der Waals surface area contributed by atoms with Crippen LogP contribution in [0.15, 0.2) is 58.3 Å². The van der Waals surface area contributed by atoms with Gasteiger partial charge in [0, 0.05) is 5.56 Å². The lowest BCUT2D eigenvalue weighted by Crippen LogP contribution is -2.11. The number of carbonyl (C=O) groups is 1. The topological polar surface area (TPSA) is 34.1 Å². The van der Waals surface area contributed by atoms with Crippen molar-refractivity contribution in [2.24, 2.45) is 0 Å². The Balaban J connectivity index is 2.41. The normalized spacial score (nSPS) is 12.9. The van der Waals surface area contributed by atoms with Gasteiger partial charge in [-0.2, -0.15) is 0 Å². The van der Waals surface area contributed by atoms with Crippen LogP contribution in [-0.2, 0) is 10.8 Å². The van der Waals surface area contributed by atoms with Gasteiger partial charge in [-0.15, -0.1) is 0 Å². The molecule has 0 amide bonds. The van der Waals surface area contributed by atoms with Crippen molar-refractivity contribution in [3.05, 3.63) is 70.8 Å². The zero-order valence-corrected chi connectivity index (χ0v) is 19.9. The van der Waals surface area contributed by atoms with Gasteiger partial charge in [0.15, 0.2) is 5.78 Å². The van der Waals surface area contributed by atoms with Crippen molar-refractivity contribution in [3.8, 4) is 0 Å². The Bertz CT molecular complexity index is 1090. The maximum Gasteiger partial charge on any atom is 0.161 e. The van der Waals surface area contributed by atoms with Crippen molar-refractivity contribution < 1.29 is 9.00 Å². The summed E-state index contributed by atoms with van der Waals surface area (Å²) in [4.78, 5) is 14.0. The van der Waals surface area contributed by atoms with E-state index in [1.807, 2.05) is 36.4 Å². The number of rotatable bonds is 6. The zero-order chi connectivity index (χ0) is 22.2. The first-order valence-corrected chi connectivity index (χ1v) is 11.9. The molecule has 0 saturated carbocycles. The molecule has 0 aliphatic carbocycles. The summed E-state index contributed by atoms with van der Waals surface area (Å²) in [5.74, 6) is 0.805. The molecule has 3 aromatic rings. The summed E-state index contributed by atoms with van der Waals surface area (Å²) >= 11 is 0. The van der Waals surface area contributed by atoms with Crippen LogP contribution in [0.5, 0.6) is 0 Å². The third kappa shape index (κ3) is 4.13. The number of benzene rings is 3. The highest BCUT2D eigenvalue weighted by Gasteiger charge is 2.26. The second-order valence-electron chi connectivity index (χ2n) is 8.98. The molecule has 0 aliphatic heterocycles. The van der Waals surface area contributed by atoms with E-state index in [0.29, 0.717) is 16.4 Å². The number of fused-ring (bicyclic) bond motifs is 1. The molecule has 2 nitrogen and oxygen atoms in total. The molecule has 0 spiro atoms. The molecule has 3 aromatic carbocycles. The Morgan fingerprint density at radius 3 is 1.83 bits per heavy atom. The number of hydrogen-bond donors (Lipinski definition) is 0. The molecule has 30 heavy (non-hydrogen) atoms. The van der Waals surface area contributed by atoms with E-state index in [9.17, 15) is 9.00 Å². The third-order valence-electron chi connectivity index (χ3n) is 5.71. The van der Waals surface area contributed by atoms with Crippen LogP contribution in [0, 0.1) is 0 Å². The van der Waals surface area contributed by atoms with Gasteiger partial charge in [0.2, 0.25) is 0 Å². The maximum absolute atomic E-state index is 14.3. The van der Waals surface area contributed by atoms with E-state index in [1.165, 1.54) is 5.56 Å². The van der Waals surface area contributed by atoms with Crippen molar-refractivity contribution in [2.45, 2.75) is 76.0 Å². The average molecular weight is 421 g/mol. The predicted molar refractivity (Wildman–Crippen MR) is 127 cm³/mol. The number of hydrogen-bond acceptors (Lipinski definition) is 2. The van der Waals surface area contributed by atoms with Gasteiger partial charge in [-0.1, -0.05) is 84.0 Å². The highest BCUT2D eigenvalue weighted by Crippen LogP contribution is 2.38. The van der Waals surface area contributed by atoms with Crippen LogP contribution in [0.2, 0.25) is 0 Å². The molecule has 0 aliphatic rings. The quantitative estimate of drug-likeness (QED) is 0.385. The summed E-state index contributed by atoms with van der Waals surface area (Å²) < 4.78 is 14.3. The fourth-order valence-electron chi connectivity index (χ4n) is 3.93. The molecule has 0 heterocycles. The molecular formula is C27H32O2S. The highest BCUT2D eigenvalue weighted by molar-refractivity contribution is 7.85. The van der Waals surface area contributed by atoms with Gasteiger partial charge in [0.05, 0.1) is 20.6 Å². The summed E-state index contributed by atoms with van der Waals surface area (Å²) in [6.07, 6.45) is 0. The Morgan fingerprint density at radius 2 is 1.33 bits per heavy atom. The largest absolute Gasteiger partial charge is 0.294 e. The zero-order valence-electron chi connectivity index (χ0n) is 19.1. The van der Waals surface area contributed by atoms with Crippen LogP contribution in [0.4, 0.5) is 0 Å². The molecule has 1 unspecified atom stereocenters. The standard InChI is InChI=1S/C27H32O2S/c1-16(2)21-14-24(17(3)4)27(25(15-21)18(5)6)30(29)26-22(19(7)28)13-12-20-10-8-9-11-23(20)26/h8-18H,1-7H3. The van der Waals surface area contributed by atoms with E-state index in [4.69, 9.17) is 0 Å². The van der Waals surface area contributed by atoms with Crippen molar-refractivity contribution in [2.75, 3.05) is 0 Å². The fourth-order valence-corrected chi connectivity index (χ4v) is 5.94. The number of carbonyl (C=O) groups excluding carboxylic acids is 1. The van der Waals surface area contributed by atoms with E-state index < -0.39 is 10.8 Å². The Kier molecular flexibility index (Phi) is 6.62. The van der Waals surface area contributed by atoms with E-state index >= 15 is 0 Å². The minimum atomic E-state index is -1.46. The lowest BCUT2D eigenvalue weighted by molar-refractivity contribution is 0.101. The molecule has 0 fully saturated rings. The van der Waals surface area contributed by atoms with Crippen LogP contribution in [0.1, 0.15) is 93.3 Å². The summed E-state index contributed by atoms with van der Waals surface area (Å²) in [6, 6.07) is 16.1. The van der Waals surface area contributed by atoms with Gasteiger partial charge in [-0.25, -0.2) is 4.21 Å². The first-order valence-electron chi connectivity index (χ1n) is 10.8.